The summed E-state index contributed by atoms with van der Waals surface area (Å²) in [5.74, 6) is 0.399. The molecule has 7 heteroatoms. The van der Waals surface area contributed by atoms with Crippen molar-refractivity contribution >= 4 is 34.8 Å². The molecule has 1 aromatic carbocycles. The maximum atomic E-state index is 13.0. The molecule has 0 bridgehead atoms. The molecule has 25 heavy (non-hydrogen) atoms. The van der Waals surface area contributed by atoms with Gasteiger partial charge in [0.1, 0.15) is 5.82 Å². The summed E-state index contributed by atoms with van der Waals surface area (Å²) in [6.45, 7) is 4.07. The van der Waals surface area contributed by atoms with Crippen LogP contribution in [0.2, 0.25) is 0 Å². The Hall–Kier alpha value is -1.50. The second-order valence-corrected chi connectivity index (χ2v) is 7.41. The van der Waals surface area contributed by atoms with E-state index in [1.54, 1.807) is 12.1 Å². The van der Waals surface area contributed by atoms with E-state index in [2.05, 4.69) is 15.6 Å². The molecule has 1 amide bonds. The second kappa shape index (κ2) is 9.27. The van der Waals surface area contributed by atoms with Crippen LogP contribution in [-0.2, 0) is 4.79 Å². The fourth-order valence-electron chi connectivity index (χ4n) is 3.01. The lowest BCUT2D eigenvalue weighted by molar-refractivity contribution is -0.116. The van der Waals surface area contributed by atoms with Gasteiger partial charge in [-0.1, -0.05) is 0 Å². The molecule has 2 heterocycles. The van der Waals surface area contributed by atoms with Crippen LogP contribution in [0.4, 0.5) is 9.52 Å². The minimum Gasteiger partial charge on any atom is -0.317 e. The first kappa shape index (κ1) is 19.8. The highest BCUT2D eigenvalue weighted by Crippen LogP contribution is 2.30. The number of halogens is 2. The second-order valence-electron chi connectivity index (χ2n) is 6.21. The van der Waals surface area contributed by atoms with E-state index in [1.165, 1.54) is 23.5 Å². The van der Waals surface area contributed by atoms with E-state index in [1.807, 2.05) is 6.92 Å². The number of carbonyl (C=O) groups excluding carboxylic acids is 1. The van der Waals surface area contributed by atoms with Crippen LogP contribution in [0, 0.1) is 18.7 Å². The molecule has 1 aliphatic heterocycles. The highest BCUT2D eigenvalue weighted by Gasteiger charge is 2.16. The third kappa shape index (κ3) is 5.49. The SMILES string of the molecule is Cc1sc(NC(=O)CCC2CCNCC2)nc1-c1ccc(F)cc1.Cl. The average Bonchev–Trinajstić information content (AvgIpc) is 2.95. The number of hydrogen-bond acceptors (Lipinski definition) is 4. The number of hydrogen-bond donors (Lipinski definition) is 2. The van der Waals surface area contributed by atoms with Crippen molar-refractivity contribution in [2.45, 2.75) is 32.6 Å². The lowest BCUT2D eigenvalue weighted by atomic mass is 9.93. The zero-order valence-corrected chi connectivity index (χ0v) is 15.8. The normalized spacial score (nSPS) is 14.8. The molecule has 1 aromatic heterocycles. The monoisotopic (exact) mass is 383 g/mol. The first-order valence-corrected chi connectivity index (χ1v) is 9.17. The minimum atomic E-state index is -0.266. The van der Waals surface area contributed by atoms with Crippen molar-refractivity contribution in [2.24, 2.45) is 5.92 Å². The zero-order chi connectivity index (χ0) is 16.9. The van der Waals surface area contributed by atoms with Gasteiger partial charge >= 0.3 is 0 Å². The fourth-order valence-corrected chi connectivity index (χ4v) is 3.86. The van der Waals surface area contributed by atoms with E-state index in [0.717, 1.165) is 48.5 Å². The van der Waals surface area contributed by atoms with Crippen molar-refractivity contribution in [3.63, 3.8) is 0 Å². The molecule has 0 spiro atoms. The lowest BCUT2D eigenvalue weighted by Gasteiger charge is -2.21. The fraction of sp³-hybridized carbons (Fsp3) is 0.444. The maximum Gasteiger partial charge on any atom is 0.226 e. The summed E-state index contributed by atoms with van der Waals surface area (Å²) in [5, 5.41) is 6.85. The number of anilines is 1. The van der Waals surface area contributed by atoms with Crippen LogP contribution in [0.25, 0.3) is 11.3 Å². The summed E-state index contributed by atoms with van der Waals surface area (Å²) >= 11 is 1.46. The van der Waals surface area contributed by atoms with Crippen LogP contribution in [0.5, 0.6) is 0 Å². The van der Waals surface area contributed by atoms with Crippen molar-refractivity contribution < 1.29 is 9.18 Å². The van der Waals surface area contributed by atoms with E-state index in [0.29, 0.717) is 17.5 Å². The van der Waals surface area contributed by atoms with Gasteiger partial charge in [-0.25, -0.2) is 9.37 Å². The number of carbonyl (C=O) groups is 1. The molecule has 2 N–H and O–H groups in total. The Bertz CT molecular complexity index is 699. The highest BCUT2D eigenvalue weighted by molar-refractivity contribution is 7.16. The Morgan fingerprint density at radius 1 is 1.32 bits per heavy atom. The summed E-state index contributed by atoms with van der Waals surface area (Å²) in [6.07, 6.45) is 3.77. The first-order valence-electron chi connectivity index (χ1n) is 8.36. The van der Waals surface area contributed by atoms with E-state index >= 15 is 0 Å². The molecule has 136 valence electrons. The van der Waals surface area contributed by atoms with Crippen molar-refractivity contribution in [1.29, 1.82) is 0 Å². The Morgan fingerprint density at radius 2 is 2.00 bits per heavy atom. The van der Waals surface area contributed by atoms with Gasteiger partial charge in [-0.15, -0.1) is 23.7 Å². The molecular formula is C18H23ClFN3OS. The van der Waals surface area contributed by atoms with E-state index < -0.39 is 0 Å². The van der Waals surface area contributed by atoms with Crippen molar-refractivity contribution in [1.82, 2.24) is 10.3 Å². The van der Waals surface area contributed by atoms with Gasteiger partial charge in [0.05, 0.1) is 5.69 Å². The van der Waals surface area contributed by atoms with Crippen molar-refractivity contribution in [3.8, 4) is 11.3 Å². The Labute approximate surface area is 157 Å². The summed E-state index contributed by atoms with van der Waals surface area (Å²) in [5.41, 5.74) is 1.66. The largest absolute Gasteiger partial charge is 0.317 e. The third-order valence-corrected chi connectivity index (χ3v) is 5.29. The summed E-state index contributed by atoms with van der Waals surface area (Å²) in [6, 6.07) is 6.26. The number of piperidine rings is 1. The number of aryl methyl sites for hydroxylation is 1. The van der Waals surface area contributed by atoms with E-state index in [9.17, 15) is 9.18 Å². The average molecular weight is 384 g/mol. The van der Waals surface area contributed by atoms with Crippen LogP contribution in [0.3, 0.4) is 0 Å². The third-order valence-electron chi connectivity index (χ3n) is 4.40. The zero-order valence-electron chi connectivity index (χ0n) is 14.2. The van der Waals surface area contributed by atoms with Gasteiger partial charge in [-0.2, -0.15) is 0 Å². The van der Waals surface area contributed by atoms with Crippen LogP contribution < -0.4 is 10.6 Å². The number of rotatable bonds is 5. The van der Waals surface area contributed by atoms with E-state index in [4.69, 9.17) is 0 Å². The number of nitrogens with one attached hydrogen (secondary N) is 2. The molecule has 0 atom stereocenters. The number of amides is 1. The van der Waals surface area contributed by atoms with Gasteiger partial charge in [-0.05, 0) is 69.5 Å². The number of aromatic nitrogens is 1. The molecule has 0 radical (unpaired) electrons. The lowest BCUT2D eigenvalue weighted by Crippen LogP contribution is -2.28. The van der Waals surface area contributed by atoms with E-state index in [-0.39, 0.29) is 24.1 Å². The minimum absolute atomic E-state index is 0. The Kier molecular flexibility index (Phi) is 7.35. The maximum absolute atomic E-state index is 13.0. The predicted molar refractivity (Wildman–Crippen MR) is 103 cm³/mol. The molecule has 1 aliphatic rings. The molecule has 0 unspecified atom stereocenters. The number of benzene rings is 1. The molecule has 3 rings (SSSR count). The summed E-state index contributed by atoms with van der Waals surface area (Å²) < 4.78 is 13.0. The predicted octanol–water partition coefficient (Wildman–Crippen LogP) is 4.40. The molecular weight excluding hydrogens is 361 g/mol. The number of nitrogens with zero attached hydrogens (tertiary/aromatic N) is 1. The number of thiazole rings is 1. The van der Waals surface area contributed by atoms with Gasteiger partial charge in [-0.3, -0.25) is 4.79 Å². The van der Waals surface area contributed by atoms with Crippen LogP contribution in [-0.4, -0.2) is 24.0 Å². The van der Waals surface area contributed by atoms with Gasteiger partial charge in [0.2, 0.25) is 5.91 Å². The van der Waals surface area contributed by atoms with Gasteiger partial charge < -0.3 is 10.6 Å². The molecule has 2 aromatic rings. The molecule has 1 fully saturated rings. The summed E-state index contributed by atoms with van der Waals surface area (Å²) in [4.78, 5) is 17.7. The Balaban J connectivity index is 0.00000225. The topological polar surface area (TPSA) is 54.0 Å². The van der Waals surface area contributed by atoms with Crippen molar-refractivity contribution in [2.75, 3.05) is 18.4 Å². The van der Waals surface area contributed by atoms with Crippen molar-refractivity contribution in [3.05, 3.63) is 35.0 Å². The Morgan fingerprint density at radius 3 is 2.68 bits per heavy atom. The molecule has 0 saturated carbocycles. The quantitative estimate of drug-likeness (QED) is 0.804. The van der Waals surface area contributed by atoms with Crippen LogP contribution in [0.15, 0.2) is 24.3 Å². The standard InChI is InChI=1S/C18H22FN3OS.ClH/c1-12-17(14-3-5-15(19)6-4-14)22-18(24-12)21-16(23)7-2-13-8-10-20-11-9-13;/h3-6,13,20H,2,7-11H2,1H3,(H,21,22,23);1H. The molecule has 0 aliphatic carbocycles. The summed E-state index contributed by atoms with van der Waals surface area (Å²) in [7, 11) is 0. The van der Waals surface area contributed by atoms with Gasteiger partial charge in [0.15, 0.2) is 5.13 Å². The highest BCUT2D eigenvalue weighted by atomic mass is 35.5. The molecule has 4 nitrogen and oxygen atoms in total. The van der Waals surface area contributed by atoms with Gasteiger partial charge in [0.25, 0.3) is 0 Å². The first-order chi connectivity index (χ1) is 11.6. The van der Waals surface area contributed by atoms with Crippen LogP contribution >= 0.6 is 23.7 Å². The van der Waals surface area contributed by atoms with Gasteiger partial charge in [0, 0.05) is 16.9 Å². The van der Waals surface area contributed by atoms with Crippen LogP contribution in [0.1, 0.15) is 30.6 Å². The smallest absolute Gasteiger partial charge is 0.226 e. The molecule has 1 saturated heterocycles.